The smallest absolute Gasteiger partial charge is 0.328 e. The normalized spacial score (nSPS) is 9.94. The van der Waals surface area contributed by atoms with Crippen LogP contribution in [0.3, 0.4) is 0 Å². The lowest BCUT2D eigenvalue weighted by atomic mass is 10.4. The van der Waals surface area contributed by atoms with Crippen molar-refractivity contribution in [3.63, 3.8) is 0 Å². The van der Waals surface area contributed by atoms with E-state index in [1.54, 1.807) is 6.07 Å². The summed E-state index contributed by atoms with van der Waals surface area (Å²) in [6, 6.07) is 1.67. The van der Waals surface area contributed by atoms with Crippen LogP contribution in [0.1, 0.15) is 11.4 Å². The number of hydrogen-bond acceptors (Lipinski definition) is 6. The average molecular weight is 219 g/mol. The summed E-state index contributed by atoms with van der Waals surface area (Å²) < 4.78 is 5.61. The molecule has 80 valence electrons. The van der Waals surface area contributed by atoms with Crippen LogP contribution in [0.4, 0.5) is 0 Å². The maximum atomic E-state index is 11.3. The number of nitrogens with one attached hydrogen (secondary N) is 1. The Kier molecular flexibility index (Phi) is 2.35. The maximum Gasteiger partial charge on any atom is 0.328 e. The zero-order valence-corrected chi connectivity index (χ0v) is 7.88. The van der Waals surface area contributed by atoms with Crippen LogP contribution < -0.4 is 11.2 Å². The topological polar surface area (TPSA) is 118 Å². The molecule has 8 nitrogen and oxygen atoms in total. The van der Waals surface area contributed by atoms with Gasteiger partial charge >= 0.3 is 5.69 Å². The van der Waals surface area contributed by atoms with Crippen molar-refractivity contribution in [2.75, 3.05) is 0 Å². The van der Waals surface area contributed by atoms with E-state index in [0.717, 1.165) is 17.2 Å². The van der Waals surface area contributed by atoms with E-state index in [1.807, 2.05) is 4.98 Å². The average Bonchev–Trinajstić information content (AvgIpc) is 2.75. The molecule has 0 aliphatic carbocycles. The Labute approximate surface area is 87.8 Å². The summed E-state index contributed by atoms with van der Waals surface area (Å²) in [7, 11) is 0. The molecular weight excluding hydrogens is 214 g/mol. The molecule has 0 amide bonds. The summed E-state index contributed by atoms with van der Waals surface area (Å²) in [5.41, 5.74) is -1.49. The van der Waals surface area contributed by atoms with Crippen molar-refractivity contribution in [1.82, 2.24) is 19.7 Å². The number of rotatable bonds is 2. The van der Waals surface area contributed by atoms with Gasteiger partial charge in [0.05, 0.1) is 6.54 Å². The Bertz CT molecular complexity index is 646. The standard InChI is InChI=1S/C8H5N5O3/c9-1-5-2-13(8(15)11-7(5)14)3-6-10-4-16-12-6/h2,4H,3H2,(H,11,14,15). The maximum absolute atomic E-state index is 11.3. The van der Waals surface area contributed by atoms with Gasteiger partial charge in [0.25, 0.3) is 5.56 Å². The van der Waals surface area contributed by atoms with Crippen LogP contribution in [0, 0.1) is 11.3 Å². The van der Waals surface area contributed by atoms with Gasteiger partial charge in [-0.25, -0.2) is 4.79 Å². The molecule has 0 atom stereocenters. The second kappa shape index (κ2) is 3.82. The van der Waals surface area contributed by atoms with Crippen molar-refractivity contribution in [3.8, 4) is 6.07 Å². The van der Waals surface area contributed by atoms with Crippen LogP contribution in [0.25, 0.3) is 0 Å². The van der Waals surface area contributed by atoms with E-state index in [1.165, 1.54) is 0 Å². The third kappa shape index (κ3) is 1.74. The highest BCUT2D eigenvalue weighted by Gasteiger charge is 2.06. The van der Waals surface area contributed by atoms with Crippen LogP contribution in [-0.2, 0) is 6.54 Å². The fourth-order valence-corrected chi connectivity index (χ4v) is 1.12. The number of H-pyrrole nitrogens is 1. The second-order valence-electron chi connectivity index (χ2n) is 2.89. The number of aromatic nitrogens is 4. The van der Waals surface area contributed by atoms with Crippen LogP contribution in [0.15, 0.2) is 26.7 Å². The molecule has 8 heteroatoms. The molecule has 2 aromatic rings. The Balaban J connectivity index is 2.46. The van der Waals surface area contributed by atoms with Crippen LogP contribution >= 0.6 is 0 Å². The van der Waals surface area contributed by atoms with E-state index in [9.17, 15) is 9.59 Å². The number of hydrogen-bond donors (Lipinski definition) is 1. The molecule has 0 fully saturated rings. The predicted octanol–water partition coefficient (Wildman–Crippen LogP) is -1.16. The molecule has 1 N–H and O–H groups in total. The van der Waals surface area contributed by atoms with Gasteiger partial charge in [-0.3, -0.25) is 14.3 Å². The van der Waals surface area contributed by atoms with Gasteiger partial charge in [-0.15, -0.1) is 0 Å². The lowest BCUT2D eigenvalue weighted by molar-refractivity contribution is 0.407. The minimum atomic E-state index is -0.711. The lowest BCUT2D eigenvalue weighted by Crippen LogP contribution is -2.31. The molecule has 0 spiro atoms. The van der Waals surface area contributed by atoms with E-state index in [0.29, 0.717) is 0 Å². The first-order valence-corrected chi connectivity index (χ1v) is 4.20. The van der Waals surface area contributed by atoms with Crippen LogP contribution in [-0.4, -0.2) is 19.7 Å². The second-order valence-corrected chi connectivity index (χ2v) is 2.89. The quantitative estimate of drug-likeness (QED) is 0.680. The van der Waals surface area contributed by atoms with Gasteiger partial charge in [0.2, 0.25) is 6.39 Å². The molecule has 0 saturated carbocycles. The first-order chi connectivity index (χ1) is 7.70. The molecule has 2 rings (SSSR count). The first-order valence-electron chi connectivity index (χ1n) is 4.20. The molecule has 0 unspecified atom stereocenters. The molecule has 0 aliphatic heterocycles. The van der Waals surface area contributed by atoms with Gasteiger partial charge < -0.3 is 4.52 Å². The van der Waals surface area contributed by atoms with E-state index in [2.05, 4.69) is 14.7 Å². The van der Waals surface area contributed by atoms with Crippen molar-refractivity contribution in [3.05, 3.63) is 44.8 Å². The Hall–Kier alpha value is -2.69. The number of nitriles is 1. The monoisotopic (exact) mass is 219 g/mol. The van der Waals surface area contributed by atoms with E-state index in [4.69, 9.17) is 5.26 Å². The Morgan fingerprint density at radius 1 is 1.56 bits per heavy atom. The van der Waals surface area contributed by atoms with Crippen molar-refractivity contribution in [2.24, 2.45) is 0 Å². The highest BCUT2D eigenvalue weighted by molar-refractivity contribution is 5.21. The minimum Gasteiger partial charge on any atom is -0.343 e. The largest absolute Gasteiger partial charge is 0.343 e. The van der Waals surface area contributed by atoms with Gasteiger partial charge in [0.1, 0.15) is 11.6 Å². The summed E-state index contributed by atoms with van der Waals surface area (Å²) in [5, 5.41) is 12.1. The molecule has 0 bridgehead atoms. The fourth-order valence-electron chi connectivity index (χ4n) is 1.12. The van der Waals surface area contributed by atoms with E-state index >= 15 is 0 Å². The van der Waals surface area contributed by atoms with Crippen molar-refractivity contribution in [1.29, 1.82) is 5.26 Å². The van der Waals surface area contributed by atoms with Crippen molar-refractivity contribution < 1.29 is 4.52 Å². The highest BCUT2D eigenvalue weighted by atomic mass is 16.5. The molecule has 0 aliphatic rings. The lowest BCUT2D eigenvalue weighted by Gasteiger charge is -2.00. The first kappa shape index (κ1) is 9.85. The van der Waals surface area contributed by atoms with Gasteiger partial charge in [0.15, 0.2) is 5.82 Å². The number of aromatic amines is 1. The predicted molar refractivity (Wildman–Crippen MR) is 49.4 cm³/mol. The van der Waals surface area contributed by atoms with Gasteiger partial charge in [-0.05, 0) is 0 Å². The summed E-state index contributed by atoms with van der Waals surface area (Å²) in [6.07, 6.45) is 2.27. The van der Waals surface area contributed by atoms with Crippen LogP contribution in [0.5, 0.6) is 0 Å². The molecule has 0 saturated heterocycles. The number of nitrogens with zero attached hydrogens (tertiary/aromatic N) is 4. The molecular formula is C8H5N5O3. The zero-order valence-electron chi connectivity index (χ0n) is 7.88. The van der Waals surface area contributed by atoms with Crippen LogP contribution in [0.2, 0.25) is 0 Å². The third-order valence-corrected chi connectivity index (χ3v) is 1.85. The SMILES string of the molecule is N#Cc1cn(Cc2ncon2)c(=O)[nH]c1=O. The van der Waals surface area contributed by atoms with Gasteiger partial charge in [-0.1, -0.05) is 5.16 Å². The molecule has 2 aromatic heterocycles. The van der Waals surface area contributed by atoms with Crippen molar-refractivity contribution in [2.45, 2.75) is 6.54 Å². The molecule has 16 heavy (non-hydrogen) atoms. The van der Waals surface area contributed by atoms with Crippen molar-refractivity contribution >= 4 is 0 Å². The summed E-state index contributed by atoms with van der Waals surface area (Å²) in [4.78, 5) is 28.2. The molecule has 0 aromatic carbocycles. The summed E-state index contributed by atoms with van der Waals surface area (Å²) in [6.45, 7) is 0.0286. The molecule has 0 radical (unpaired) electrons. The van der Waals surface area contributed by atoms with Gasteiger partial charge in [0, 0.05) is 6.20 Å². The van der Waals surface area contributed by atoms with Gasteiger partial charge in [-0.2, -0.15) is 10.2 Å². The summed E-state index contributed by atoms with van der Waals surface area (Å²) >= 11 is 0. The zero-order chi connectivity index (χ0) is 11.5. The van der Waals surface area contributed by atoms with E-state index < -0.39 is 11.2 Å². The highest BCUT2D eigenvalue weighted by Crippen LogP contribution is 1.92. The molecule has 2 heterocycles. The Morgan fingerprint density at radius 2 is 2.38 bits per heavy atom. The third-order valence-electron chi connectivity index (χ3n) is 1.85. The Morgan fingerprint density at radius 3 is 3.00 bits per heavy atom. The summed E-state index contributed by atoms with van der Waals surface area (Å²) in [5.74, 6) is 0.276. The van der Waals surface area contributed by atoms with E-state index in [-0.39, 0.29) is 17.9 Å². The fraction of sp³-hybridized carbons (Fsp3) is 0.125. The minimum absolute atomic E-state index is 0.0286.